The van der Waals surface area contributed by atoms with Crippen LogP contribution in [0.5, 0.6) is 0 Å². The second-order valence-electron chi connectivity index (χ2n) is 4.85. The second-order valence-corrected chi connectivity index (χ2v) is 4.85. The van der Waals surface area contributed by atoms with Crippen LogP contribution >= 0.6 is 0 Å². The highest BCUT2D eigenvalue weighted by atomic mass is 16.3. The third-order valence-electron chi connectivity index (χ3n) is 2.66. The molecule has 0 aliphatic rings. The van der Waals surface area contributed by atoms with E-state index in [1.807, 2.05) is 13.3 Å². The lowest BCUT2D eigenvalue weighted by Gasteiger charge is -2.16. The Kier molecular flexibility index (Phi) is 6.26. The van der Waals surface area contributed by atoms with Gasteiger partial charge in [-0.1, -0.05) is 0 Å². The van der Waals surface area contributed by atoms with Crippen LogP contribution in [0.1, 0.15) is 17.7 Å². The van der Waals surface area contributed by atoms with Gasteiger partial charge in [-0.3, -0.25) is 4.90 Å². The molecule has 4 heteroatoms. The number of furan rings is 1. The van der Waals surface area contributed by atoms with Gasteiger partial charge in [-0.2, -0.15) is 0 Å². The lowest BCUT2D eigenvalue weighted by Crippen LogP contribution is -2.23. The number of nitrogens with zero attached hydrogens (tertiary/aromatic N) is 2. The molecule has 0 aromatic carbocycles. The Hall–Kier alpha value is -0.840. The van der Waals surface area contributed by atoms with Crippen molar-refractivity contribution in [3.63, 3.8) is 0 Å². The van der Waals surface area contributed by atoms with E-state index in [0.717, 1.165) is 31.9 Å². The molecule has 0 aliphatic heterocycles. The Morgan fingerprint density at radius 3 is 2.65 bits per heavy atom. The molecule has 1 aromatic heterocycles. The minimum absolute atomic E-state index is 0.869. The summed E-state index contributed by atoms with van der Waals surface area (Å²) in [6.45, 7) is 3.98. The number of rotatable bonds is 8. The van der Waals surface area contributed by atoms with Crippen LogP contribution in [0.2, 0.25) is 0 Å². The largest absolute Gasteiger partial charge is 0.468 e. The van der Waals surface area contributed by atoms with Gasteiger partial charge in [-0.25, -0.2) is 0 Å². The van der Waals surface area contributed by atoms with Crippen molar-refractivity contribution in [2.24, 2.45) is 0 Å². The van der Waals surface area contributed by atoms with Crippen molar-refractivity contribution in [1.29, 1.82) is 0 Å². The zero-order chi connectivity index (χ0) is 12.7. The lowest BCUT2D eigenvalue weighted by molar-refractivity contribution is 0.273. The van der Waals surface area contributed by atoms with E-state index in [1.54, 1.807) is 0 Å². The predicted molar refractivity (Wildman–Crippen MR) is 71.0 cm³/mol. The molecule has 98 valence electrons. The Bertz CT molecular complexity index is 309. The van der Waals surface area contributed by atoms with Crippen LogP contribution in [0.25, 0.3) is 0 Å². The minimum Gasteiger partial charge on any atom is -0.468 e. The van der Waals surface area contributed by atoms with Crippen LogP contribution in [0.15, 0.2) is 16.7 Å². The fourth-order valence-electron chi connectivity index (χ4n) is 1.81. The number of nitrogens with one attached hydrogen (secondary N) is 1. The van der Waals surface area contributed by atoms with Gasteiger partial charge in [0.15, 0.2) is 0 Å². The molecule has 0 amide bonds. The van der Waals surface area contributed by atoms with Crippen molar-refractivity contribution in [2.75, 3.05) is 41.3 Å². The van der Waals surface area contributed by atoms with Crippen LogP contribution in [-0.4, -0.2) is 51.1 Å². The van der Waals surface area contributed by atoms with Crippen molar-refractivity contribution < 1.29 is 4.42 Å². The van der Waals surface area contributed by atoms with E-state index in [2.05, 4.69) is 42.3 Å². The fraction of sp³-hybridized carbons (Fsp3) is 0.692. The summed E-state index contributed by atoms with van der Waals surface area (Å²) >= 11 is 0. The number of hydrogen-bond donors (Lipinski definition) is 1. The van der Waals surface area contributed by atoms with E-state index < -0.39 is 0 Å². The monoisotopic (exact) mass is 239 g/mol. The molecule has 1 aromatic rings. The van der Waals surface area contributed by atoms with Crippen LogP contribution in [0.4, 0.5) is 0 Å². The van der Waals surface area contributed by atoms with Gasteiger partial charge in [-0.05, 0) is 53.8 Å². The Balaban J connectivity index is 2.26. The topological polar surface area (TPSA) is 31.7 Å². The molecule has 0 radical (unpaired) electrons. The van der Waals surface area contributed by atoms with Crippen LogP contribution in [-0.2, 0) is 13.1 Å². The maximum absolute atomic E-state index is 5.52. The summed E-state index contributed by atoms with van der Waals surface area (Å²) in [5.74, 6) is 1.04. The molecule has 0 saturated heterocycles. The van der Waals surface area contributed by atoms with Gasteiger partial charge in [0.2, 0.25) is 0 Å². The fourth-order valence-corrected chi connectivity index (χ4v) is 1.81. The van der Waals surface area contributed by atoms with Gasteiger partial charge in [0.25, 0.3) is 0 Å². The molecule has 1 heterocycles. The SMILES string of the molecule is CNCc1coc(CN(C)CCCN(C)C)c1. The van der Waals surface area contributed by atoms with Crippen molar-refractivity contribution in [1.82, 2.24) is 15.1 Å². The summed E-state index contributed by atoms with van der Waals surface area (Å²) in [5, 5.41) is 3.12. The van der Waals surface area contributed by atoms with Gasteiger partial charge in [0.1, 0.15) is 5.76 Å². The van der Waals surface area contributed by atoms with Crippen molar-refractivity contribution >= 4 is 0 Å². The third kappa shape index (κ3) is 5.86. The first-order chi connectivity index (χ1) is 8.11. The molecule has 0 bridgehead atoms. The van der Waals surface area contributed by atoms with Gasteiger partial charge in [0, 0.05) is 12.1 Å². The van der Waals surface area contributed by atoms with Crippen LogP contribution < -0.4 is 5.32 Å². The standard InChI is InChI=1S/C13H25N3O/c1-14-9-12-8-13(17-11-12)10-16(4)7-5-6-15(2)3/h8,11,14H,5-7,9-10H2,1-4H3. The summed E-state index contributed by atoms with van der Waals surface area (Å²) in [4.78, 5) is 4.51. The summed E-state index contributed by atoms with van der Waals surface area (Å²) in [5.41, 5.74) is 1.21. The molecule has 1 rings (SSSR count). The highest BCUT2D eigenvalue weighted by Gasteiger charge is 2.05. The summed E-state index contributed by atoms with van der Waals surface area (Å²) in [6.07, 6.45) is 3.02. The second kappa shape index (κ2) is 7.48. The molecule has 17 heavy (non-hydrogen) atoms. The highest BCUT2D eigenvalue weighted by molar-refractivity contribution is 5.12. The first kappa shape index (κ1) is 14.2. The normalized spacial score (nSPS) is 11.6. The Morgan fingerprint density at radius 2 is 2.00 bits per heavy atom. The van der Waals surface area contributed by atoms with E-state index in [9.17, 15) is 0 Å². The predicted octanol–water partition coefficient (Wildman–Crippen LogP) is 1.38. The van der Waals surface area contributed by atoms with Crippen LogP contribution in [0.3, 0.4) is 0 Å². The molecule has 0 unspecified atom stereocenters. The average molecular weight is 239 g/mol. The molecular formula is C13H25N3O. The molecule has 0 spiro atoms. The van der Waals surface area contributed by atoms with Crippen molar-refractivity contribution in [3.8, 4) is 0 Å². The zero-order valence-corrected chi connectivity index (χ0v) is 11.5. The minimum atomic E-state index is 0.869. The molecule has 0 saturated carbocycles. The molecular weight excluding hydrogens is 214 g/mol. The maximum Gasteiger partial charge on any atom is 0.118 e. The molecule has 4 nitrogen and oxygen atoms in total. The zero-order valence-electron chi connectivity index (χ0n) is 11.5. The van der Waals surface area contributed by atoms with Gasteiger partial charge in [0.05, 0.1) is 12.8 Å². The Morgan fingerprint density at radius 1 is 1.24 bits per heavy atom. The molecule has 0 atom stereocenters. The van der Waals surface area contributed by atoms with E-state index in [4.69, 9.17) is 4.42 Å². The van der Waals surface area contributed by atoms with E-state index >= 15 is 0 Å². The highest BCUT2D eigenvalue weighted by Crippen LogP contribution is 2.09. The van der Waals surface area contributed by atoms with E-state index in [1.165, 1.54) is 12.0 Å². The first-order valence-electron chi connectivity index (χ1n) is 6.16. The summed E-state index contributed by atoms with van der Waals surface area (Å²) in [6, 6.07) is 2.12. The van der Waals surface area contributed by atoms with Gasteiger partial charge < -0.3 is 14.6 Å². The molecule has 0 aliphatic carbocycles. The van der Waals surface area contributed by atoms with Gasteiger partial charge in [-0.15, -0.1) is 0 Å². The van der Waals surface area contributed by atoms with E-state index in [0.29, 0.717) is 0 Å². The summed E-state index contributed by atoms with van der Waals surface area (Å²) < 4.78 is 5.52. The van der Waals surface area contributed by atoms with Crippen molar-refractivity contribution in [2.45, 2.75) is 19.5 Å². The number of hydrogen-bond acceptors (Lipinski definition) is 4. The first-order valence-corrected chi connectivity index (χ1v) is 6.16. The molecule has 0 fully saturated rings. The smallest absolute Gasteiger partial charge is 0.118 e. The van der Waals surface area contributed by atoms with Crippen molar-refractivity contribution in [3.05, 3.63) is 23.7 Å². The average Bonchev–Trinajstić information content (AvgIpc) is 2.65. The molecule has 1 N–H and O–H groups in total. The Labute approximate surface area is 105 Å². The maximum atomic E-state index is 5.52. The quantitative estimate of drug-likeness (QED) is 0.743. The van der Waals surface area contributed by atoms with Crippen LogP contribution in [0, 0.1) is 0 Å². The summed E-state index contributed by atoms with van der Waals surface area (Å²) in [7, 11) is 8.29. The van der Waals surface area contributed by atoms with E-state index in [-0.39, 0.29) is 0 Å². The third-order valence-corrected chi connectivity index (χ3v) is 2.66. The van der Waals surface area contributed by atoms with Gasteiger partial charge >= 0.3 is 0 Å². The lowest BCUT2D eigenvalue weighted by atomic mass is 10.3.